The second-order valence-corrected chi connectivity index (χ2v) is 3.25. The van der Waals surface area contributed by atoms with Gasteiger partial charge in [0.1, 0.15) is 11.5 Å². The molecule has 0 radical (unpaired) electrons. The lowest BCUT2D eigenvalue weighted by Gasteiger charge is -2.05. The number of halogens is 3. The van der Waals surface area contributed by atoms with Crippen molar-refractivity contribution in [1.29, 1.82) is 0 Å². The van der Waals surface area contributed by atoms with Crippen LogP contribution in [0.25, 0.3) is 0 Å². The fraction of sp³-hybridized carbons (Fsp3) is 0.125. The predicted octanol–water partition coefficient (Wildman–Crippen LogP) is 2.69. The Kier molecular flexibility index (Phi) is 2.98. The Morgan fingerprint density at radius 3 is 2.62 bits per heavy atom. The largest absolute Gasteiger partial charge is 0.321 e. The molecule has 13 heavy (non-hydrogen) atoms. The Labute approximate surface area is 82.1 Å². The summed E-state index contributed by atoms with van der Waals surface area (Å²) < 4.78 is 26.1. The second-order valence-electron chi connectivity index (χ2n) is 2.40. The highest BCUT2D eigenvalue weighted by Crippen LogP contribution is 2.25. The highest BCUT2D eigenvalue weighted by atomic mass is 79.9. The van der Waals surface area contributed by atoms with Crippen molar-refractivity contribution in [2.75, 3.05) is 5.32 Å². The quantitative estimate of drug-likeness (QED) is 0.763. The van der Waals surface area contributed by atoms with E-state index in [4.69, 9.17) is 0 Å². The molecule has 0 aromatic heterocycles. The van der Waals surface area contributed by atoms with E-state index in [1.807, 2.05) is 0 Å². The summed E-state index contributed by atoms with van der Waals surface area (Å²) >= 11 is 2.88. The van der Waals surface area contributed by atoms with Gasteiger partial charge in [-0.1, -0.05) is 0 Å². The van der Waals surface area contributed by atoms with Crippen LogP contribution in [-0.2, 0) is 4.79 Å². The molecular formula is C8H6BrF2NO. The summed E-state index contributed by atoms with van der Waals surface area (Å²) in [5.41, 5.74) is -0.429. The molecule has 0 aliphatic rings. The molecule has 0 saturated carbocycles. The number of rotatable bonds is 1. The molecule has 0 saturated heterocycles. The van der Waals surface area contributed by atoms with Gasteiger partial charge in [-0.05, 0) is 28.1 Å². The van der Waals surface area contributed by atoms with E-state index in [9.17, 15) is 13.6 Å². The van der Waals surface area contributed by atoms with Crippen molar-refractivity contribution in [3.8, 4) is 0 Å². The van der Waals surface area contributed by atoms with Crippen LogP contribution in [-0.4, -0.2) is 5.91 Å². The molecule has 70 valence electrons. The smallest absolute Gasteiger partial charge is 0.221 e. The molecule has 0 heterocycles. The Bertz CT molecular complexity index is 354. The van der Waals surface area contributed by atoms with Gasteiger partial charge in [-0.25, -0.2) is 8.78 Å². The van der Waals surface area contributed by atoms with E-state index in [1.54, 1.807) is 0 Å². The van der Waals surface area contributed by atoms with Crippen LogP contribution in [0.15, 0.2) is 16.6 Å². The maximum atomic E-state index is 13.1. The minimum Gasteiger partial charge on any atom is -0.321 e. The monoisotopic (exact) mass is 249 g/mol. The van der Waals surface area contributed by atoms with E-state index < -0.39 is 23.2 Å². The number of hydrogen-bond donors (Lipinski definition) is 1. The first kappa shape index (κ1) is 10.1. The zero-order valence-corrected chi connectivity index (χ0v) is 8.28. The average Bonchev–Trinajstić information content (AvgIpc) is 2.05. The first-order valence-electron chi connectivity index (χ1n) is 3.43. The van der Waals surface area contributed by atoms with Gasteiger partial charge in [0, 0.05) is 6.92 Å². The van der Waals surface area contributed by atoms with Gasteiger partial charge in [0.2, 0.25) is 5.91 Å². The third kappa shape index (κ3) is 2.24. The standard InChI is InChI=1S/C8H6BrF2NO/c1-4(13)12-8-6(10)3-2-5(9)7(8)11/h2-3H,1H3,(H,12,13). The van der Waals surface area contributed by atoms with Crippen LogP contribution in [0.4, 0.5) is 14.5 Å². The molecule has 0 bridgehead atoms. The SMILES string of the molecule is CC(=O)Nc1c(F)ccc(Br)c1F. The van der Waals surface area contributed by atoms with E-state index in [2.05, 4.69) is 21.2 Å². The summed E-state index contributed by atoms with van der Waals surface area (Å²) in [6.45, 7) is 1.18. The van der Waals surface area contributed by atoms with Crippen LogP contribution in [0.3, 0.4) is 0 Å². The van der Waals surface area contributed by atoms with Crippen molar-refractivity contribution < 1.29 is 13.6 Å². The molecule has 1 aromatic rings. The first-order valence-corrected chi connectivity index (χ1v) is 4.22. The van der Waals surface area contributed by atoms with Crippen LogP contribution >= 0.6 is 15.9 Å². The molecule has 0 unspecified atom stereocenters. The number of anilines is 1. The van der Waals surface area contributed by atoms with E-state index in [1.165, 1.54) is 13.0 Å². The van der Waals surface area contributed by atoms with Crippen molar-refractivity contribution in [2.24, 2.45) is 0 Å². The van der Waals surface area contributed by atoms with Gasteiger partial charge >= 0.3 is 0 Å². The molecule has 1 amide bonds. The lowest BCUT2D eigenvalue weighted by molar-refractivity contribution is -0.114. The topological polar surface area (TPSA) is 29.1 Å². The summed E-state index contributed by atoms with van der Waals surface area (Å²) in [5.74, 6) is -2.12. The number of carbonyl (C=O) groups is 1. The molecule has 1 N–H and O–H groups in total. The number of nitrogens with one attached hydrogen (secondary N) is 1. The molecule has 0 fully saturated rings. The number of amides is 1. The van der Waals surface area contributed by atoms with Gasteiger partial charge < -0.3 is 5.32 Å². The van der Waals surface area contributed by atoms with Gasteiger partial charge in [0.25, 0.3) is 0 Å². The summed E-state index contributed by atoms with van der Waals surface area (Å²) in [7, 11) is 0. The van der Waals surface area contributed by atoms with Crippen LogP contribution in [0.2, 0.25) is 0 Å². The van der Waals surface area contributed by atoms with E-state index in [0.717, 1.165) is 6.07 Å². The van der Waals surface area contributed by atoms with Crippen molar-refractivity contribution in [3.63, 3.8) is 0 Å². The molecule has 5 heteroatoms. The summed E-state index contributed by atoms with van der Waals surface area (Å²) in [4.78, 5) is 10.6. The lowest BCUT2D eigenvalue weighted by Crippen LogP contribution is -2.09. The minimum atomic E-state index is -0.810. The van der Waals surface area contributed by atoms with Crippen molar-refractivity contribution in [2.45, 2.75) is 6.92 Å². The molecule has 2 nitrogen and oxygen atoms in total. The Morgan fingerprint density at radius 1 is 1.46 bits per heavy atom. The highest BCUT2D eigenvalue weighted by Gasteiger charge is 2.12. The molecule has 1 aromatic carbocycles. The van der Waals surface area contributed by atoms with Gasteiger partial charge in [0.15, 0.2) is 5.82 Å². The van der Waals surface area contributed by atoms with Crippen LogP contribution < -0.4 is 5.32 Å². The summed E-state index contributed by atoms with van der Waals surface area (Å²) in [6, 6.07) is 2.30. The van der Waals surface area contributed by atoms with Crippen molar-refractivity contribution in [1.82, 2.24) is 0 Å². The molecule has 1 rings (SSSR count). The lowest BCUT2D eigenvalue weighted by atomic mass is 10.3. The molecule has 0 spiro atoms. The Hall–Kier alpha value is -0.970. The zero-order chi connectivity index (χ0) is 10.0. The molecule has 0 aliphatic heterocycles. The van der Waals surface area contributed by atoms with Crippen LogP contribution in [0.5, 0.6) is 0 Å². The van der Waals surface area contributed by atoms with Gasteiger partial charge in [-0.3, -0.25) is 4.79 Å². The maximum absolute atomic E-state index is 13.1. The van der Waals surface area contributed by atoms with Crippen LogP contribution in [0.1, 0.15) is 6.92 Å². The summed E-state index contributed by atoms with van der Waals surface area (Å²) in [6.07, 6.45) is 0. The fourth-order valence-corrected chi connectivity index (χ4v) is 1.15. The molecular weight excluding hydrogens is 244 g/mol. The molecule has 0 atom stereocenters. The normalized spacial score (nSPS) is 9.85. The van der Waals surface area contributed by atoms with Crippen molar-refractivity contribution >= 4 is 27.5 Å². The number of hydrogen-bond acceptors (Lipinski definition) is 1. The third-order valence-corrected chi connectivity index (χ3v) is 1.96. The Morgan fingerprint density at radius 2 is 2.08 bits per heavy atom. The van der Waals surface area contributed by atoms with Crippen LogP contribution in [0, 0.1) is 11.6 Å². The third-order valence-electron chi connectivity index (χ3n) is 1.35. The van der Waals surface area contributed by atoms with Crippen molar-refractivity contribution in [3.05, 3.63) is 28.2 Å². The maximum Gasteiger partial charge on any atom is 0.221 e. The molecule has 0 aliphatic carbocycles. The van der Waals surface area contributed by atoms with E-state index in [-0.39, 0.29) is 4.47 Å². The average molecular weight is 250 g/mol. The van der Waals surface area contributed by atoms with E-state index >= 15 is 0 Å². The predicted molar refractivity (Wildman–Crippen MR) is 48.4 cm³/mol. The number of benzene rings is 1. The Balaban J connectivity index is 3.17. The minimum absolute atomic E-state index is 0.109. The van der Waals surface area contributed by atoms with Gasteiger partial charge in [0.05, 0.1) is 4.47 Å². The number of carbonyl (C=O) groups excluding carboxylic acids is 1. The fourth-order valence-electron chi connectivity index (χ4n) is 0.818. The van der Waals surface area contributed by atoms with Gasteiger partial charge in [-0.2, -0.15) is 0 Å². The highest BCUT2D eigenvalue weighted by molar-refractivity contribution is 9.10. The first-order chi connectivity index (χ1) is 6.02. The van der Waals surface area contributed by atoms with Gasteiger partial charge in [-0.15, -0.1) is 0 Å². The van der Waals surface area contributed by atoms with E-state index in [0.29, 0.717) is 0 Å². The zero-order valence-electron chi connectivity index (χ0n) is 6.70. The summed E-state index contributed by atoms with van der Waals surface area (Å²) in [5, 5.41) is 2.06. The second kappa shape index (κ2) is 3.83.